The molecular weight excluding hydrogens is 368 g/mol. The van der Waals surface area contributed by atoms with E-state index in [0.29, 0.717) is 11.4 Å². The largest absolute Gasteiger partial charge is 0.495 e. The lowest BCUT2D eigenvalue weighted by atomic mass is 10.1. The third kappa shape index (κ3) is 4.64. The van der Waals surface area contributed by atoms with Crippen LogP contribution >= 0.6 is 0 Å². The van der Waals surface area contributed by atoms with Crippen LogP contribution in [-0.4, -0.2) is 45.1 Å². The number of carbonyl (C=O) groups excluding carboxylic acids is 4. The fraction of sp³-hybridized carbons (Fsp3) is 0.158. The Morgan fingerprint density at radius 1 is 0.750 bits per heavy atom. The molecular formula is C19H18N2O7. The average molecular weight is 386 g/mol. The summed E-state index contributed by atoms with van der Waals surface area (Å²) in [5, 5.41) is 4.71. The first kappa shape index (κ1) is 20.4. The van der Waals surface area contributed by atoms with E-state index >= 15 is 0 Å². The lowest BCUT2D eigenvalue weighted by molar-refractivity contribution is -0.133. The SMILES string of the molecule is COC(=O)c1ccc(C(=O)OC)c(NC(=O)C(=O)Nc2ccccc2OC)c1. The minimum Gasteiger partial charge on any atom is -0.495 e. The first-order chi connectivity index (χ1) is 13.4. The molecule has 0 aromatic heterocycles. The number of para-hydroxylation sites is 2. The Morgan fingerprint density at radius 3 is 1.96 bits per heavy atom. The first-order valence-corrected chi connectivity index (χ1v) is 7.97. The molecule has 0 unspecified atom stereocenters. The van der Waals surface area contributed by atoms with Gasteiger partial charge in [-0.15, -0.1) is 0 Å². The number of hydrogen-bond donors (Lipinski definition) is 2. The second kappa shape index (κ2) is 9.17. The molecule has 9 heteroatoms. The summed E-state index contributed by atoms with van der Waals surface area (Å²) >= 11 is 0. The van der Waals surface area contributed by atoms with Gasteiger partial charge >= 0.3 is 23.8 Å². The van der Waals surface area contributed by atoms with Gasteiger partial charge in [0.2, 0.25) is 0 Å². The average Bonchev–Trinajstić information content (AvgIpc) is 2.72. The van der Waals surface area contributed by atoms with Gasteiger partial charge in [-0.3, -0.25) is 9.59 Å². The highest BCUT2D eigenvalue weighted by Gasteiger charge is 2.21. The highest BCUT2D eigenvalue weighted by molar-refractivity contribution is 6.44. The topological polar surface area (TPSA) is 120 Å². The predicted octanol–water partition coefficient (Wildman–Crippen LogP) is 1.85. The van der Waals surface area contributed by atoms with Crippen molar-refractivity contribution in [1.82, 2.24) is 0 Å². The van der Waals surface area contributed by atoms with Crippen molar-refractivity contribution >= 4 is 35.1 Å². The number of nitrogens with one attached hydrogen (secondary N) is 2. The van der Waals surface area contributed by atoms with E-state index in [2.05, 4.69) is 20.1 Å². The van der Waals surface area contributed by atoms with Gasteiger partial charge in [0, 0.05) is 0 Å². The van der Waals surface area contributed by atoms with Gasteiger partial charge in [0.15, 0.2) is 0 Å². The van der Waals surface area contributed by atoms with Crippen LogP contribution in [0.3, 0.4) is 0 Å². The third-order valence-corrected chi connectivity index (χ3v) is 3.66. The number of methoxy groups -OCH3 is 3. The van der Waals surface area contributed by atoms with E-state index in [0.717, 1.165) is 7.11 Å². The normalized spacial score (nSPS) is 9.82. The molecule has 0 aliphatic carbocycles. The summed E-state index contributed by atoms with van der Waals surface area (Å²) in [6.45, 7) is 0. The molecule has 9 nitrogen and oxygen atoms in total. The van der Waals surface area contributed by atoms with Crippen molar-refractivity contribution in [3.63, 3.8) is 0 Å². The Bertz CT molecular complexity index is 924. The summed E-state index contributed by atoms with van der Waals surface area (Å²) < 4.78 is 14.4. The second-order valence-corrected chi connectivity index (χ2v) is 5.35. The fourth-order valence-electron chi connectivity index (χ4n) is 2.29. The van der Waals surface area contributed by atoms with Crippen molar-refractivity contribution in [2.45, 2.75) is 0 Å². The van der Waals surface area contributed by atoms with Gasteiger partial charge in [0.25, 0.3) is 0 Å². The monoisotopic (exact) mass is 386 g/mol. The van der Waals surface area contributed by atoms with E-state index in [1.54, 1.807) is 24.3 Å². The van der Waals surface area contributed by atoms with E-state index in [1.165, 1.54) is 32.4 Å². The van der Waals surface area contributed by atoms with E-state index < -0.39 is 23.8 Å². The maximum Gasteiger partial charge on any atom is 0.339 e. The molecule has 2 aromatic rings. The molecule has 2 amide bonds. The number of ether oxygens (including phenoxy) is 3. The van der Waals surface area contributed by atoms with Crippen LogP contribution in [0, 0.1) is 0 Å². The van der Waals surface area contributed by atoms with Crippen LogP contribution in [0.15, 0.2) is 42.5 Å². The van der Waals surface area contributed by atoms with Crippen LogP contribution in [0.2, 0.25) is 0 Å². The molecule has 0 bridgehead atoms. The highest BCUT2D eigenvalue weighted by Crippen LogP contribution is 2.23. The minimum absolute atomic E-state index is 0.0337. The van der Waals surface area contributed by atoms with Crippen LogP contribution in [0.25, 0.3) is 0 Å². The molecule has 0 aliphatic heterocycles. The molecule has 0 atom stereocenters. The lowest BCUT2D eigenvalue weighted by Gasteiger charge is -2.12. The maximum atomic E-state index is 12.3. The van der Waals surface area contributed by atoms with E-state index in [9.17, 15) is 19.2 Å². The van der Waals surface area contributed by atoms with Gasteiger partial charge in [-0.05, 0) is 30.3 Å². The number of anilines is 2. The van der Waals surface area contributed by atoms with Crippen molar-refractivity contribution in [3.8, 4) is 5.75 Å². The molecule has 0 aliphatic rings. The van der Waals surface area contributed by atoms with Gasteiger partial charge in [-0.1, -0.05) is 12.1 Å². The first-order valence-electron chi connectivity index (χ1n) is 7.97. The van der Waals surface area contributed by atoms with Crippen molar-refractivity contribution in [2.75, 3.05) is 32.0 Å². The van der Waals surface area contributed by atoms with Gasteiger partial charge in [0.05, 0.1) is 43.8 Å². The molecule has 0 radical (unpaired) electrons. The van der Waals surface area contributed by atoms with Crippen LogP contribution in [0.1, 0.15) is 20.7 Å². The predicted molar refractivity (Wildman–Crippen MR) is 99.4 cm³/mol. The Morgan fingerprint density at radius 2 is 1.36 bits per heavy atom. The summed E-state index contributed by atoms with van der Waals surface area (Å²) in [6.07, 6.45) is 0. The fourth-order valence-corrected chi connectivity index (χ4v) is 2.29. The van der Waals surface area contributed by atoms with Gasteiger partial charge in [-0.2, -0.15) is 0 Å². The summed E-state index contributed by atoms with van der Waals surface area (Å²) in [6, 6.07) is 10.4. The van der Waals surface area contributed by atoms with Crippen LogP contribution in [0.4, 0.5) is 11.4 Å². The van der Waals surface area contributed by atoms with Crippen LogP contribution < -0.4 is 15.4 Å². The van der Waals surface area contributed by atoms with Crippen molar-refractivity contribution in [2.24, 2.45) is 0 Å². The molecule has 0 spiro atoms. The molecule has 0 saturated heterocycles. The molecule has 28 heavy (non-hydrogen) atoms. The Hall–Kier alpha value is -3.88. The van der Waals surface area contributed by atoms with Crippen LogP contribution in [-0.2, 0) is 19.1 Å². The highest BCUT2D eigenvalue weighted by atomic mass is 16.5. The number of amides is 2. The molecule has 2 aromatic carbocycles. The summed E-state index contributed by atoms with van der Waals surface area (Å²) in [5.74, 6) is -3.12. The molecule has 146 valence electrons. The third-order valence-electron chi connectivity index (χ3n) is 3.66. The van der Waals surface area contributed by atoms with Crippen molar-refractivity contribution in [3.05, 3.63) is 53.6 Å². The standard InChI is InChI=1S/C19H18N2O7/c1-26-15-7-5-4-6-13(15)20-16(22)17(23)21-14-10-11(18(24)27-2)8-9-12(14)19(25)28-3/h4-10H,1-3H3,(H,20,22)(H,21,23). The number of esters is 2. The summed E-state index contributed by atoms with van der Waals surface area (Å²) in [7, 11) is 3.78. The Labute approximate surface area is 160 Å². The van der Waals surface area contributed by atoms with E-state index in [1.807, 2.05) is 0 Å². The van der Waals surface area contributed by atoms with E-state index in [-0.39, 0.29) is 16.8 Å². The zero-order valence-corrected chi connectivity index (χ0v) is 15.4. The molecule has 0 heterocycles. The minimum atomic E-state index is -1.06. The zero-order valence-electron chi connectivity index (χ0n) is 15.4. The van der Waals surface area contributed by atoms with Crippen molar-refractivity contribution < 1.29 is 33.4 Å². The smallest absolute Gasteiger partial charge is 0.339 e. The van der Waals surface area contributed by atoms with Gasteiger partial charge in [-0.25, -0.2) is 9.59 Å². The Kier molecular flexibility index (Phi) is 6.69. The molecule has 2 N–H and O–H groups in total. The van der Waals surface area contributed by atoms with E-state index in [4.69, 9.17) is 4.74 Å². The number of hydrogen-bond acceptors (Lipinski definition) is 7. The van der Waals surface area contributed by atoms with Crippen molar-refractivity contribution in [1.29, 1.82) is 0 Å². The van der Waals surface area contributed by atoms with Crippen LogP contribution in [0.5, 0.6) is 5.75 Å². The second-order valence-electron chi connectivity index (χ2n) is 5.35. The molecule has 2 rings (SSSR count). The Balaban J connectivity index is 2.26. The quantitative estimate of drug-likeness (QED) is 0.594. The van der Waals surface area contributed by atoms with Gasteiger partial charge < -0.3 is 24.8 Å². The molecule has 0 saturated carbocycles. The number of benzene rings is 2. The number of rotatable bonds is 5. The lowest BCUT2D eigenvalue weighted by Crippen LogP contribution is -2.30. The maximum absolute atomic E-state index is 12.3. The molecule has 0 fully saturated rings. The summed E-state index contributed by atoms with van der Waals surface area (Å²) in [5.41, 5.74) is 0.265. The zero-order chi connectivity index (χ0) is 20.7. The number of carbonyl (C=O) groups is 4. The van der Waals surface area contributed by atoms with Gasteiger partial charge in [0.1, 0.15) is 5.75 Å². The summed E-state index contributed by atoms with van der Waals surface area (Å²) in [4.78, 5) is 48.1.